The third-order valence-corrected chi connectivity index (χ3v) is 4.75. The Hall–Kier alpha value is -1.55. The van der Waals surface area contributed by atoms with Crippen LogP contribution in [0.1, 0.15) is 0 Å². The molecule has 1 saturated heterocycles. The maximum Gasteiger partial charge on any atom is 0.352 e. The Morgan fingerprint density at radius 1 is 1.55 bits per heavy atom. The van der Waals surface area contributed by atoms with Crippen molar-refractivity contribution in [2.45, 2.75) is 11.4 Å². The Labute approximate surface area is 119 Å². The van der Waals surface area contributed by atoms with Crippen LogP contribution in [0.25, 0.3) is 0 Å². The molecule has 0 aromatic carbocycles. The number of carbonyl (C=O) groups excluding carboxylic acids is 2. The predicted molar refractivity (Wildman–Crippen MR) is 70.5 cm³/mol. The summed E-state index contributed by atoms with van der Waals surface area (Å²) in [6.45, 7) is 0. The van der Waals surface area contributed by atoms with Crippen LogP contribution in [-0.2, 0) is 24.2 Å². The summed E-state index contributed by atoms with van der Waals surface area (Å²) in [4.78, 5) is 35.4. The Kier molecular flexibility index (Phi) is 3.78. The van der Waals surface area contributed by atoms with Crippen molar-refractivity contribution in [3.8, 4) is 0 Å². The number of amides is 2. The number of nitrogens with zero attached hydrogens (tertiary/aromatic N) is 1. The summed E-state index contributed by atoms with van der Waals surface area (Å²) in [5.74, 6) is -2.80. The second-order valence-electron chi connectivity index (χ2n) is 4.44. The number of β-lactam (4-membered cyclic amide) rings is 1. The van der Waals surface area contributed by atoms with Crippen LogP contribution in [0.5, 0.6) is 0 Å². The van der Waals surface area contributed by atoms with Crippen LogP contribution in [0.15, 0.2) is 11.8 Å². The monoisotopic (exact) mass is 320 g/mol. The summed E-state index contributed by atoms with van der Waals surface area (Å²) in [6, 6.07) is -0.878. The van der Waals surface area contributed by atoms with Gasteiger partial charge in [0.15, 0.2) is 9.84 Å². The third-order valence-electron chi connectivity index (χ3n) is 2.78. The molecule has 20 heavy (non-hydrogen) atoms. The fourth-order valence-electron chi connectivity index (χ4n) is 1.99. The Bertz CT molecular complexity index is 611. The first kappa shape index (κ1) is 14.9. The van der Waals surface area contributed by atoms with Crippen LogP contribution in [0.2, 0.25) is 0 Å². The SMILES string of the molecule is CS(=O)(=O)CC(=O)NC1C(=O)N2C(C(=O)O)=CCS[C@@H]12. The van der Waals surface area contributed by atoms with Crippen molar-refractivity contribution >= 4 is 39.4 Å². The first-order valence-corrected chi connectivity index (χ1v) is 8.67. The van der Waals surface area contributed by atoms with Gasteiger partial charge in [0.05, 0.1) is 0 Å². The molecule has 1 fully saturated rings. The predicted octanol–water partition coefficient (Wildman–Crippen LogP) is -1.60. The Balaban J connectivity index is 2.05. The highest BCUT2D eigenvalue weighted by molar-refractivity contribution is 8.00. The minimum Gasteiger partial charge on any atom is -0.477 e. The first-order chi connectivity index (χ1) is 9.20. The van der Waals surface area contributed by atoms with Gasteiger partial charge in [0.25, 0.3) is 5.91 Å². The highest BCUT2D eigenvalue weighted by Gasteiger charge is 2.52. The number of hydrogen-bond acceptors (Lipinski definition) is 6. The van der Waals surface area contributed by atoms with Gasteiger partial charge in [-0.3, -0.25) is 14.5 Å². The van der Waals surface area contributed by atoms with Gasteiger partial charge in [0.1, 0.15) is 22.9 Å². The molecule has 2 heterocycles. The summed E-state index contributed by atoms with van der Waals surface area (Å²) >= 11 is 1.31. The lowest BCUT2D eigenvalue weighted by Gasteiger charge is -2.48. The molecule has 2 aliphatic rings. The molecular formula is C10H12N2O6S2. The van der Waals surface area contributed by atoms with E-state index in [1.165, 1.54) is 17.8 Å². The molecule has 0 aliphatic carbocycles. The molecule has 0 bridgehead atoms. The molecule has 2 N–H and O–H groups in total. The molecule has 0 spiro atoms. The van der Waals surface area contributed by atoms with Gasteiger partial charge in [0, 0.05) is 12.0 Å². The van der Waals surface area contributed by atoms with Crippen molar-refractivity contribution < 1.29 is 27.9 Å². The van der Waals surface area contributed by atoms with Crippen molar-refractivity contribution in [3.63, 3.8) is 0 Å². The lowest BCUT2D eigenvalue weighted by atomic mass is 10.1. The quantitative estimate of drug-likeness (QED) is 0.598. The van der Waals surface area contributed by atoms with E-state index in [-0.39, 0.29) is 5.70 Å². The van der Waals surface area contributed by atoms with Gasteiger partial charge in [-0.25, -0.2) is 13.2 Å². The lowest BCUT2D eigenvalue weighted by Crippen LogP contribution is -2.70. The number of aliphatic carboxylic acids is 1. The molecule has 8 nitrogen and oxygen atoms in total. The van der Waals surface area contributed by atoms with Crippen LogP contribution in [0.3, 0.4) is 0 Å². The number of thioether (sulfide) groups is 1. The van der Waals surface area contributed by atoms with Crippen LogP contribution < -0.4 is 5.32 Å². The minimum absolute atomic E-state index is 0.104. The summed E-state index contributed by atoms with van der Waals surface area (Å²) in [7, 11) is -3.47. The Morgan fingerprint density at radius 2 is 2.20 bits per heavy atom. The van der Waals surface area contributed by atoms with E-state index >= 15 is 0 Å². The molecule has 10 heteroatoms. The molecule has 110 valence electrons. The topological polar surface area (TPSA) is 121 Å². The van der Waals surface area contributed by atoms with Crippen molar-refractivity contribution in [2.24, 2.45) is 0 Å². The fourth-order valence-corrected chi connectivity index (χ4v) is 3.75. The maximum atomic E-state index is 11.9. The van der Waals surface area contributed by atoms with Crippen molar-refractivity contribution in [3.05, 3.63) is 11.8 Å². The van der Waals surface area contributed by atoms with Gasteiger partial charge in [-0.05, 0) is 6.08 Å². The minimum atomic E-state index is -3.47. The Morgan fingerprint density at radius 3 is 2.75 bits per heavy atom. The van der Waals surface area contributed by atoms with E-state index in [2.05, 4.69) is 5.32 Å². The maximum absolute atomic E-state index is 11.9. The van der Waals surface area contributed by atoms with E-state index < -0.39 is 44.8 Å². The molecule has 0 saturated carbocycles. The van der Waals surface area contributed by atoms with Crippen LogP contribution in [0.4, 0.5) is 0 Å². The van der Waals surface area contributed by atoms with Gasteiger partial charge in [-0.15, -0.1) is 11.8 Å². The average Bonchev–Trinajstić information content (AvgIpc) is 2.32. The second kappa shape index (κ2) is 5.09. The van der Waals surface area contributed by atoms with E-state index in [1.807, 2.05) is 0 Å². The molecule has 2 aliphatic heterocycles. The van der Waals surface area contributed by atoms with E-state index in [4.69, 9.17) is 5.11 Å². The number of nitrogens with one attached hydrogen (secondary N) is 1. The van der Waals surface area contributed by atoms with Crippen LogP contribution in [0, 0.1) is 0 Å². The van der Waals surface area contributed by atoms with E-state index in [1.54, 1.807) is 0 Å². The molecule has 2 atom stereocenters. The number of hydrogen-bond donors (Lipinski definition) is 2. The molecule has 2 rings (SSSR count). The smallest absolute Gasteiger partial charge is 0.352 e. The number of sulfone groups is 1. The molecular weight excluding hydrogens is 308 g/mol. The molecule has 1 unspecified atom stereocenters. The lowest BCUT2D eigenvalue weighted by molar-refractivity contribution is -0.150. The summed E-state index contributed by atoms with van der Waals surface area (Å²) < 4.78 is 22.0. The highest BCUT2D eigenvalue weighted by Crippen LogP contribution is 2.37. The van der Waals surface area contributed by atoms with Crippen molar-refractivity contribution in [1.29, 1.82) is 0 Å². The van der Waals surface area contributed by atoms with E-state index in [9.17, 15) is 22.8 Å². The van der Waals surface area contributed by atoms with Crippen molar-refractivity contribution in [1.82, 2.24) is 10.2 Å². The van der Waals surface area contributed by atoms with Gasteiger partial charge < -0.3 is 10.4 Å². The fraction of sp³-hybridized carbons (Fsp3) is 0.500. The standard InChI is InChI=1S/C10H12N2O6S2/c1-20(17,18)4-6(13)11-7-8(14)12-5(10(15)16)2-3-19-9(7)12/h2,7,9H,3-4H2,1H3,(H,11,13)(H,15,16)/t7?,9-/m0/s1. The summed E-state index contributed by atoms with van der Waals surface area (Å²) in [5, 5.41) is 10.8. The number of carboxylic acids is 1. The van der Waals surface area contributed by atoms with E-state index in [0.29, 0.717) is 5.75 Å². The van der Waals surface area contributed by atoms with Gasteiger partial charge in [-0.2, -0.15) is 0 Å². The summed E-state index contributed by atoms with van der Waals surface area (Å²) in [5.41, 5.74) is -0.104. The zero-order chi connectivity index (χ0) is 15.1. The largest absolute Gasteiger partial charge is 0.477 e. The highest BCUT2D eigenvalue weighted by atomic mass is 32.2. The molecule has 0 radical (unpaired) electrons. The molecule has 0 aromatic rings. The first-order valence-electron chi connectivity index (χ1n) is 5.56. The van der Waals surface area contributed by atoms with Crippen LogP contribution in [-0.4, -0.2) is 65.4 Å². The van der Waals surface area contributed by atoms with Crippen molar-refractivity contribution in [2.75, 3.05) is 17.8 Å². The normalized spacial score (nSPS) is 25.4. The second-order valence-corrected chi connectivity index (χ2v) is 7.73. The summed E-state index contributed by atoms with van der Waals surface area (Å²) in [6.07, 6.45) is 2.35. The van der Waals surface area contributed by atoms with Gasteiger partial charge in [0.2, 0.25) is 5.91 Å². The number of carboxylic acid groups (broad SMARTS) is 1. The number of rotatable bonds is 4. The number of fused-ring (bicyclic) bond motifs is 1. The van der Waals surface area contributed by atoms with Gasteiger partial charge >= 0.3 is 5.97 Å². The third kappa shape index (κ3) is 2.80. The van der Waals surface area contributed by atoms with E-state index in [0.717, 1.165) is 11.2 Å². The van der Waals surface area contributed by atoms with Gasteiger partial charge in [-0.1, -0.05) is 0 Å². The average molecular weight is 320 g/mol. The zero-order valence-corrected chi connectivity index (χ0v) is 12.0. The molecule has 2 amide bonds. The molecule has 0 aromatic heterocycles. The van der Waals surface area contributed by atoms with Crippen LogP contribution >= 0.6 is 11.8 Å². The zero-order valence-electron chi connectivity index (χ0n) is 10.4. The number of carbonyl (C=O) groups is 3.